The molecule has 0 aromatic carbocycles. The number of unbranched alkanes of at least 4 members (excludes halogenated alkanes) is 10. The fourth-order valence-corrected chi connectivity index (χ4v) is 5.33. The van der Waals surface area contributed by atoms with Crippen molar-refractivity contribution in [3.8, 4) is 0 Å². The van der Waals surface area contributed by atoms with Crippen LogP contribution in [-0.4, -0.2) is 134 Å². The molecule has 0 radical (unpaired) electrons. The van der Waals surface area contributed by atoms with Gasteiger partial charge in [-0.3, -0.25) is 0 Å². The highest BCUT2D eigenvalue weighted by molar-refractivity contribution is 6.74. The smallest absolute Gasteiger partial charge is 0.192 e. The van der Waals surface area contributed by atoms with Crippen LogP contribution >= 0.6 is 0 Å². The van der Waals surface area contributed by atoms with E-state index in [4.69, 9.17) is 47.1 Å². The fraction of sp³-hybridized carbons (Fsp3) is 1.00. The molecule has 48 heavy (non-hydrogen) atoms. The maximum atomic E-state index is 6.09. The lowest BCUT2D eigenvalue weighted by molar-refractivity contribution is -0.0255. The predicted octanol–water partition coefficient (Wildman–Crippen LogP) is 7.47. The summed E-state index contributed by atoms with van der Waals surface area (Å²) >= 11 is 0. The number of rotatable bonds is 40. The average Bonchev–Trinajstić information content (AvgIpc) is 3.05. The van der Waals surface area contributed by atoms with Crippen molar-refractivity contribution >= 4 is 8.32 Å². The molecule has 290 valence electrons. The lowest BCUT2D eigenvalue weighted by atomic mass is 10.1. The first-order valence-electron chi connectivity index (χ1n) is 19.1. The normalized spacial score (nSPS) is 12.4. The summed E-state index contributed by atoms with van der Waals surface area (Å²) in [4.78, 5) is 0. The van der Waals surface area contributed by atoms with E-state index in [0.717, 1.165) is 13.0 Å². The first-order valence-corrected chi connectivity index (χ1v) is 22.1. The lowest BCUT2D eigenvalue weighted by Crippen LogP contribution is -2.41. The summed E-state index contributed by atoms with van der Waals surface area (Å²) < 4.78 is 56.0. The van der Waals surface area contributed by atoms with E-state index in [2.05, 4.69) is 40.8 Å². The molecule has 0 aliphatic carbocycles. The summed E-state index contributed by atoms with van der Waals surface area (Å²) in [5, 5.41) is 0.222. The zero-order valence-electron chi connectivity index (χ0n) is 32.3. The Morgan fingerprint density at radius 2 is 0.542 bits per heavy atom. The van der Waals surface area contributed by atoms with Gasteiger partial charge in [-0.1, -0.05) is 91.9 Å². The minimum absolute atomic E-state index is 0.222. The average molecular weight is 711 g/mol. The van der Waals surface area contributed by atoms with Crippen LogP contribution in [0.2, 0.25) is 18.1 Å². The number of ether oxygens (including phenoxy) is 9. The highest BCUT2D eigenvalue weighted by Crippen LogP contribution is 2.36. The number of hydrogen-bond acceptors (Lipinski definition) is 10. The van der Waals surface area contributed by atoms with E-state index in [1.165, 1.54) is 64.2 Å². The molecule has 0 atom stereocenters. The predicted molar refractivity (Wildman–Crippen MR) is 197 cm³/mol. The molecule has 0 bridgehead atoms. The van der Waals surface area contributed by atoms with Crippen LogP contribution in [0.5, 0.6) is 0 Å². The quantitative estimate of drug-likeness (QED) is 0.0471. The molecule has 0 spiro atoms. The summed E-state index contributed by atoms with van der Waals surface area (Å²) in [6.45, 7) is 24.5. The monoisotopic (exact) mass is 711 g/mol. The lowest BCUT2D eigenvalue weighted by Gasteiger charge is -2.36. The summed E-state index contributed by atoms with van der Waals surface area (Å²) in [7, 11) is -1.69. The minimum atomic E-state index is -1.69. The molecule has 0 amide bonds. The van der Waals surface area contributed by atoms with Crippen LogP contribution in [-0.2, 0) is 47.1 Å². The molecular formula is C37H78O10Si. The van der Waals surface area contributed by atoms with Gasteiger partial charge in [0, 0.05) is 6.61 Å². The minimum Gasteiger partial charge on any atom is -0.414 e. The van der Waals surface area contributed by atoms with Gasteiger partial charge < -0.3 is 47.1 Å². The highest BCUT2D eigenvalue weighted by Gasteiger charge is 2.36. The summed E-state index contributed by atoms with van der Waals surface area (Å²) in [6.07, 6.45) is 14.9. The third-order valence-corrected chi connectivity index (χ3v) is 12.9. The molecule has 0 aliphatic rings. The molecule has 0 aromatic rings. The molecule has 0 aliphatic heterocycles. The maximum Gasteiger partial charge on any atom is 0.192 e. The Balaban J connectivity index is 3.11. The van der Waals surface area contributed by atoms with Gasteiger partial charge in [-0.2, -0.15) is 0 Å². The van der Waals surface area contributed by atoms with Crippen molar-refractivity contribution in [2.24, 2.45) is 0 Å². The van der Waals surface area contributed by atoms with E-state index in [9.17, 15) is 0 Å². The van der Waals surface area contributed by atoms with Gasteiger partial charge in [0.2, 0.25) is 0 Å². The molecular weight excluding hydrogens is 632 g/mol. The Labute approximate surface area is 297 Å². The molecule has 0 saturated heterocycles. The highest BCUT2D eigenvalue weighted by atomic mass is 28.4. The van der Waals surface area contributed by atoms with Crippen LogP contribution in [0.15, 0.2) is 0 Å². The van der Waals surface area contributed by atoms with Crippen LogP contribution in [0.1, 0.15) is 98.3 Å². The molecule has 0 rings (SSSR count). The van der Waals surface area contributed by atoms with Crippen molar-refractivity contribution in [3.63, 3.8) is 0 Å². The molecule has 11 heteroatoms. The third-order valence-electron chi connectivity index (χ3n) is 8.37. The Hall–Kier alpha value is -0.183. The van der Waals surface area contributed by atoms with Crippen molar-refractivity contribution in [2.75, 3.05) is 126 Å². The van der Waals surface area contributed by atoms with E-state index in [1.807, 2.05) is 0 Å². The van der Waals surface area contributed by atoms with Gasteiger partial charge in [0.05, 0.1) is 119 Å². The molecule has 0 heterocycles. The molecule has 0 fully saturated rings. The standard InChI is InChI=1S/C37H78O10Si/c1-7-8-9-10-11-12-13-14-15-16-17-18-38-19-20-39-21-22-40-23-24-41-25-26-42-27-28-43-29-30-44-31-32-45-33-34-46-35-36-47-48(5,6)37(2,3)4/h7-36H2,1-6H3. The van der Waals surface area contributed by atoms with Gasteiger partial charge in [-0.05, 0) is 24.6 Å². The van der Waals surface area contributed by atoms with E-state index in [-0.39, 0.29) is 5.04 Å². The molecule has 0 saturated carbocycles. The van der Waals surface area contributed by atoms with E-state index in [0.29, 0.717) is 119 Å². The van der Waals surface area contributed by atoms with Gasteiger partial charge in [0.15, 0.2) is 8.32 Å². The van der Waals surface area contributed by atoms with Gasteiger partial charge in [0.1, 0.15) is 0 Å². The van der Waals surface area contributed by atoms with Crippen LogP contribution in [0.4, 0.5) is 0 Å². The Morgan fingerprint density at radius 1 is 0.312 bits per heavy atom. The van der Waals surface area contributed by atoms with E-state index >= 15 is 0 Å². The maximum absolute atomic E-state index is 6.09. The van der Waals surface area contributed by atoms with Crippen molar-refractivity contribution in [2.45, 2.75) is 116 Å². The van der Waals surface area contributed by atoms with Crippen LogP contribution in [0, 0.1) is 0 Å². The fourth-order valence-electron chi connectivity index (χ4n) is 4.30. The second-order valence-corrected chi connectivity index (χ2v) is 18.5. The zero-order valence-corrected chi connectivity index (χ0v) is 33.3. The summed E-state index contributed by atoms with van der Waals surface area (Å²) in [5.41, 5.74) is 0. The van der Waals surface area contributed by atoms with Crippen molar-refractivity contribution < 1.29 is 47.1 Å². The van der Waals surface area contributed by atoms with E-state index in [1.54, 1.807) is 0 Å². The summed E-state index contributed by atoms with van der Waals surface area (Å²) in [6, 6.07) is 0. The largest absolute Gasteiger partial charge is 0.414 e. The Kier molecular flexibility index (Phi) is 36.5. The Bertz CT molecular complexity index is 621. The summed E-state index contributed by atoms with van der Waals surface area (Å²) in [5.74, 6) is 0. The molecule has 0 aromatic heterocycles. The van der Waals surface area contributed by atoms with Gasteiger partial charge in [-0.15, -0.1) is 0 Å². The van der Waals surface area contributed by atoms with Gasteiger partial charge in [-0.25, -0.2) is 0 Å². The second kappa shape index (κ2) is 36.6. The Morgan fingerprint density at radius 3 is 0.812 bits per heavy atom. The molecule has 10 nitrogen and oxygen atoms in total. The number of hydrogen-bond donors (Lipinski definition) is 0. The zero-order chi connectivity index (χ0) is 35.3. The van der Waals surface area contributed by atoms with E-state index < -0.39 is 8.32 Å². The SMILES string of the molecule is CCCCCCCCCCCCCOCCOCCOCCOCCOCCOCCOCCOCCOCCO[Si](C)(C)C(C)(C)C. The topological polar surface area (TPSA) is 92.3 Å². The van der Waals surface area contributed by atoms with Crippen molar-refractivity contribution in [3.05, 3.63) is 0 Å². The second-order valence-electron chi connectivity index (χ2n) is 13.7. The molecule has 0 N–H and O–H groups in total. The van der Waals surface area contributed by atoms with Crippen LogP contribution in [0.3, 0.4) is 0 Å². The first kappa shape index (κ1) is 47.8. The molecule has 0 unspecified atom stereocenters. The van der Waals surface area contributed by atoms with Gasteiger partial charge in [0.25, 0.3) is 0 Å². The van der Waals surface area contributed by atoms with Crippen molar-refractivity contribution in [1.82, 2.24) is 0 Å². The van der Waals surface area contributed by atoms with Crippen LogP contribution in [0.25, 0.3) is 0 Å². The third kappa shape index (κ3) is 35.6. The van der Waals surface area contributed by atoms with Gasteiger partial charge >= 0.3 is 0 Å². The van der Waals surface area contributed by atoms with Crippen LogP contribution < -0.4 is 0 Å². The first-order chi connectivity index (χ1) is 23.3. The van der Waals surface area contributed by atoms with Crippen molar-refractivity contribution in [1.29, 1.82) is 0 Å².